The predicted molar refractivity (Wildman–Crippen MR) is 95.2 cm³/mol. The first kappa shape index (κ1) is 16.1. The Morgan fingerprint density at radius 3 is 2.96 bits per heavy atom. The zero-order chi connectivity index (χ0) is 16.2. The van der Waals surface area contributed by atoms with Crippen molar-refractivity contribution in [3.63, 3.8) is 0 Å². The van der Waals surface area contributed by atoms with Crippen molar-refractivity contribution in [1.82, 2.24) is 15.2 Å². The van der Waals surface area contributed by atoms with Crippen LogP contribution in [0.3, 0.4) is 0 Å². The molecule has 3 N–H and O–H groups in total. The van der Waals surface area contributed by atoms with Crippen molar-refractivity contribution < 1.29 is 5.11 Å². The van der Waals surface area contributed by atoms with Gasteiger partial charge in [0, 0.05) is 48.8 Å². The Morgan fingerprint density at radius 1 is 1.43 bits per heavy atom. The van der Waals surface area contributed by atoms with Crippen LogP contribution in [0.1, 0.15) is 18.4 Å². The van der Waals surface area contributed by atoms with Crippen molar-refractivity contribution >= 4 is 28.5 Å². The minimum absolute atomic E-state index is 0.166. The number of aromatic nitrogens is 1. The fraction of sp³-hybridized carbons (Fsp3) is 0.471. The van der Waals surface area contributed by atoms with E-state index in [-0.39, 0.29) is 6.10 Å². The van der Waals surface area contributed by atoms with E-state index in [1.165, 1.54) is 10.9 Å². The van der Waals surface area contributed by atoms with Crippen molar-refractivity contribution in [3.8, 4) is 0 Å². The number of piperidine rings is 1. The molecule has 1 aromatic carbocycles. The van der Waals surface area contributed by atoms with Crippen LogP contribution in [0.2, 0.25) is 5.02 Å². The second-order valence-electron chi connectivity index (χ2n) is 5.95. The lowest BCUT2D eigenvalue weighted by atomic mass is 10.1. The second-order valence-corrected chi connectivity index (χ2v) is 6.38. The summed E-state index contributed by atoms with van der Waals surface area (Å²) in [6, 6.07) is 5.91. The highest BCUT2D eigenvalue weighted by atomic mass is 35.5. The van der Waals surface area contributed by atoms with E-state index in [0.29, 0.717) is 0 Å². The maximum absolute atomic E-state index is 9.60. The summed E-state index contributed by atoms with van der Waals surface area (Å²) in [4.78, 5) is 9.84. The Balaban J connectivity index is 1.58. The molecule has 5 nitrogen and oxygen atoms in total. The number of aromatic amines is 1. The van der Waals surface area contributed by atoms with Gasteiger partial charge in [0.1, 0.15) is 0 Å². The van der Waals surface area contributed by atoms with Crippen molar-refractivity contribution in [2.75, 3.05) is 26.7 Å². The van der Waals surface area contributed by atoms with Gasteiger partial charge < -0.3 is 20.3 Å². The fourth-order valence-corrected chi connectivity index (χ4v) is 3.25. The number of nitrogens with zero attached hydrogens (tertiary/aromatic N) is 2. The number of likely N-dealkylation sites (tertiary alicyclic amines) is 1. The molecular formula is C17H23ClN4O. The SMILES string of the molecule is CN=C(NCCc1c[nH]c2ccc(Cl)cc12)N1CCC(O)CC1. The van der Waals surface area contributed by atoms with E-state index >= 15 is 0 Å². The van der Waals surface area contributed by atoms with Gasteiger partial charge in [0.25, 0.3) is 0 Å². The molecule has 1 aliphatic heterocycles. The molecule has 2 aromatic rings. The zero-order valence-corrected chi connectivity index (χ0v) is 14.1. The molecule has 0 spiro atoms. The molecule has 0 bridgehead atoms. The number of benzene rings is 1. The molecule has 124 valence electrons. The summed E-state index contributed by atoms with van der Waals surface area (Å²) < 4.78 is 0. The van der Waals surface area contributed by atoms with Gasteiger partial charge in [0.15, 0.2) is 5.96 Å². The second kappa shape index (κ2) is 7.23. The Morgan fingerprint density at radius 2 is 2.22 bits per heavy atom. The van der Waals surface area contributed by atoms with E-state index in [2.05, 4.69) is 20.2 Å². The first-order valence-corrected chi connectivity index (χ1v) is 8.44. The van der Waals surface area contributed by atoms with Crippen LogP contribution in [0.15, 0.2) is 29.4 Å². The lowest BCUT2D eigenvalue weighted by Crippen LogP contribution is -2.47. The quantitative estimate of drug-likeness (QED) is 0.596. The summed E-state index contributed by atoms with van der Waals surface area (Å²) in [5.74, 6) is 0.912. The molecule has 0 saturated carbocycles. The Bertz CT molecular complexity index is 689. The van der Waals surface area contributed by atoms with Crippen molar-refractivity contribution in [2.45, 2.75) is 25.4 Å². The number of aliphatic hydroxyl groups is 1. The third-order valence-electron chi connectivity index (χ3n) is 4.38. The lowest BCUT2D eigenvalue weighted by molar-refractivity contribution is 0.108. The van der Waals surface area contributed by atoms with Gasteiger partial charge in [-0.25, -0.2) is 0 Å². The summed E-state index contributed by atoms with van der Waals surface area (Å²) in [6.07, 6.45) is 4.39. The van der Waals surface area contributed by atoms with Crippen LogP contribution in [0, 0.1) is 0 Å². The van der Waals surface area contributed by atoms with Gasteiger partial charge in [-0.3, -0.25) is 4.99 Å². The molecule has 1 aromatic heterocycles. The van der Waals surface area contributed by atoms with Crippen LogP contribution >= 0.6 is 11.6 Å². The van der Waals surface area contributed by atoms with E-state index < -0.39 is 0 Å². The first-order valence-electron chi connectivity index (χ1n) is 8.06. The molecule has 6 heteroatoms. The van der Waals surface area contributed by atoms with Gasteiger partial charge >= 0.3 is 0 Å². The summed E-state index contributed by atoms with van der Waals surface area (Å²) in [7, 11) is 1.80. The van der Waals surface area contributed by atoms with E-state index in [4.69, 9.17) is 11.6 Å². The molecule has 3 rings (SSSR count). The number of H-pyrrole nitrogens is 1. The largest absolute Gasteiger partial charge is 0.393 e. The molecule has 2 heterocycles. The van der Waals surface area contributed by atoms with Crippen LogP contribution in [-0.4, -0.2) is 53.7 Å². The first-order chi connectivity index (χ1) is 11.2. The molecule has 0 aliphatic carbocycles. The molecule has 0 amide bonds. The minimum atomic E-state index is -0.166. The van der Waals surface area contributed by atoms with Crippen LogP contribution in [0.5, 0.6) is 0 Å². The molecule has 0 atom stereocenters. The van der Waals surface area contributed by atoms with Crippen LogP contribution in [0.25, 0.3) is 10.9 Å². The highest BCUT2D eigenvalue weighted by molar-refractivity contribution is 6.31. The normalized spacial score (nSPS) is 17.0. The summed E-state index contributed by atoms with van der Waals surface area (Å²) in [5.41, 5.74) is 2.36. The lowest BCUT2D eigenvalue weighted by Gasteiger charge is -2.32. The summed E-state index contributed by atoms with van der Waals surface area (Å²) in [5, 5.41) is 15.0. The number of hydrogen-bond donors (Lipinski definition) is 3. The smallest absolute Gasteiger partial charge is 0.193 e. The van der Waals surface area contributed by atoms with Gasteiger partial charge in [0.2, 0.25) is 0 Å². The summed E-state index contributed by atoms with van der Waals surface area (Å²) in [6.45, 7) is 2.51. The Kier molecular flexibility index (Phi) is 5.08. The van der Waals surface area contributed by atoms with Crippen molar-refractivity contribution in [3.05, 3.63) is 35.0 Å². The zero-order valence-electron chi connectivity index (χ0n) is 13.3. The number of halogens is 1. The van der Waals surface area contributed by atoms with E-state index in [0.717, 1.165) is 55.4 Å². The number of fused-ring (bicyclic) bond motifs is 1. The molecule has 0 radical (unpaired) electrons. The van der Waals surface area contributed by atoms with E-state index in [1.807, 2.05) is 24.4 Å². The average Bonchev–Trinajstić information content (AvgIpc) is 2.95. The number of nitrogens with one attached hydrogen (secondary N) is 2. The van der Waals surface area contributed by atoms with Gasteiger partial charge in [-0.1, -0.05) is 11.6 Å². The highest BCUT2D eigenvalue weighted by Crippen LogP contribution is 2.22. The van der Waals surface area contributed by atoms with Crippen molar-refractivity contribution in [2.24, 2.45) is 4.99 Å². The third kappa shape index (κ3) is 3.79. The topological polar surface area (TPSA) is 63.7 Å². The van der Waals surface area contributed by atoms with Gasteiger partial charge in [0.05, 0.1) is 6.10 Å². The summed E-state index contributed by atoms with van der Waals surface area (Å²) >= 11 is 6.09. The number of aliphatic hydroxyl groups excluding tert-OH is 1. The van der Waals surface area contributed by atoms with Gasteiger partial charge in [-0.2, -0.15) is 0 Å². The van der Waals surface area contributed by atoms with Gasteiger partial charge in [-0.05, 0) is 43.0 Å². The highest BCUT2D eigenvalue weighted by Gasteiger charge is 2.19. The number of hydrogen-bond acceptors (Lipinski definition) is 2. The standard InChI is InChI=1S/C17H23ClN4O/c1-19-17(22-8-5-14(23)6-9-22)20-7-4-12-11-21-16-3-2-13(18)10-15(12)16/h2-3,10-11,14,21,23H,4-9H2,1H3,(H,19,20). The molecule has 23 heavy (non-hydrogen) atoms. The average molecular weight is 335 g/mol. The van der Waals surface area contributed by atoms with Crippen molar-refractivity contribution in [1.29, 1.82) is 0 Å². The van der Waals surface area contributed by atoms with Crippen LogP contribution in [0.4, 0.5) is 0 Å². The van der Waals surface area contributed by atoms with Crippen LogP contribution < -0.4 is 5.32 Å². The number of aliphatic imine (C=N–C) groups is 1. The monoisotopic (exact) mass is 334 g/mol. The minimum Gasteiger partial charge on any atom is -0.393 e. The van der Waals surface area contributed by atoms with E-state index in [9.17, 15) is 5.11 Å². The maximum atomic E-state index is 9.60. The molecule has 1 saturated heterocycles. The molecule has 1 aliphatic rings. The number of guanidine groups is 1. The maximum Gasteiger partial charge on any atom is 0.193 e. The third-order valence-corrected chi connectivity index (χ3v) is 4.62. The van der Waals surface area contributed by atoms with Crippen LogP contribution in [-0.2, 0) is 6.42 Å². The molecular weight excluding hydrogens is 312 g/mol. The fourth-order valence-electron chi connectivity index (χ4n) is 3.08. The number of rotatable bonds is 3. The molecule has 1 fully saturated rings. The Labute approximate surface area is 141 Å². The Hall–Kier alpha value is -1.72. The van der Waals surface area contributed by atoms with E-state index in [1.54, 1.807) is 7.05 Å². The van der Waals surface area contributed by atoms with Gasteiger partial charge in [-0.15, -0.1) is 0 Å². The predicted octanol–water partition coefficient (Wildman–Crippen LogP) is 2.40. The molecule has 0 unspecified atom stereocenters.